The molecule has 0 saturated heterocycles. The van der Waals surface area contributed by atoms with Crippen molar-refractivity contribution in [3.05, 3.63) is 0 Å². The predicted octanol–water partition coefficient (Wildman–Crippen LogP) is 2.22. The van der Waals surface area contributed by atoms with Gasteiger partial charge in [0.05, 0.1) is 37.6 Å². The van der Waals surface area contributed by atoms with Crippen molar-refractivity contribution in [1.82, 2.24) is 5.32 Å². The second-order valence-corrected chi connectivity index (χ2v) is 5.73. The molecule has 0 fully saturated rings. The van der Waals surface area contributed by atoms with Crippen molar-refractivity contribution in [2.24, 2.45) is 0 Å². The van der Waals surface area contributed by atoms with Gasteiger partial charge in [0.15, 0.2) is 0 Å². The van der Waals surface area contributed by atoms with Gasteiger partial charge in [0.25, 0.3) is 0 Å². The molecule has 0 spiro atoms. The van der Waals surface area contributed by atoms with Crippen LogP contribution >= 0.6 is 0 Å². The van der Waals surface area contributed by atoms with Gasteiger partial charge < -0.3 is 19.5 Å². The zero-order chi connectivity index (χ0) is 14.2. The number of methoxy groups -OCH3 is 1. The molecule has 4 heteroatoms. The quantitative estimate of drug-likeness (QED) is 0.654. The molecule has 0 bridgehead atoms. The van der Waals surface area contributed by atoms with Gasteiger partial charge in [0.1, 0.15) is 0 Å². The van der Waals surface area contributed by atoms with Crippen LogP contribution in [0.25, 0.3) is 0 Å². The third kappa shape index (κ3) is 8.03. The van der Waals surface area contributed by atoms with E-state index in [4.69, 9.17) is 14.2 Å². The fourth-order valence-electron chi connectivity index (χ4n) is 1.79. The Morgan fingerprint density at radius 2 is 1.28 bits per heavy atom. The van der Waals surface area contributed by atoms with E-state index < -0.39 is 0 Å². The summed E-state index contributed by atoms with van der Waals surface area (Å²) in [6.07, 6.45) is 0.406. The van der Waals surface area contributed by atoms with Crippen LogP contribution in [0, 0.1) is 0 Å². The average Bonchev–Trinajstić information content (AvgIpc) is 2.23. The van der Waals surface area contributed by atoms with E-state index in [0.717, 1.165) is 0 Å². The lowest BCUT2D eigenvalue weighted by Gasteiger charge is -2.36. The van der Waals surface area contributed by atoms with Crippen LogP contribution in [0.5, 0.6) is 0 Å². The number of rotatable bonds is 10. The molecule has 0 aromatic heterocycles. The molecule has 0 aromatic rings. The van der Waals surface area contributed by atoms with Gasteiger partial charge in [-0.1, -0.05) is 13.8 Å². The van der Waals surface area contributed by atoms with Crippen molar-refractivity contribution in [3.63, 3.8) is 0 Å². The Morgan fingerprint density at radius 1 is 0.833 bits per heavy atom. The van der Waals surface area contributed by atoms with Gasteiger partial charge in [-0.2, -0.15) is 0 Å². The highest BCUT2D eigenvalue weighted by atomic mass is 16.5. The summed E-state index contributed by atoms with van der Waals surface area (Å²) in [5, 5.41) is 3.53. The molecule has 0 aliphatic carbocycles. The molecule has 0 atom stereocenters. The van der Waals surface area contributed by atoms with E-state index in [0.29, 0.717) is 25.9 Å². The molecule has 0 unspecified atom stereocenters. The number of hydrogen-bond donors (Lipinski definition) is 1. The van der Waals surface area contributed by atoms with Gasteiger partial charge in [0, 0.05) is 13.2 Å². The molecule has 0 aliphatic heterocycles. The second kappa shape index (κ2) is 8.86. The average molecular weight is 261 g/mol. The Hall–Kier alpha value is -0.160. The van der Waals surface area contributed by atoms with Crippen LogP contribution in [0.3, 0.4) is 0 Å². The topological polar surface area (TPSA) is 39.7 Å². The summed E-state index contributed by atoms with van der Waals surface area (Å²) in [5.74, 6) is 0. The molecule has 0 aromatic carbocycles. The molecule has 110 valence electrons. The number of ether oxygens (including phenoxy) is 3. The Balaban J connectivity index is 4.65. The zero-order valence-corrected chi connectivity index (χ0v) is 13.1. The van der Waals surface area contributed by atoms with E-state index in [1.807, 2.05) is 27.7 Å². The van der Waals surface area contributed by atoms with Crippen LogP contribution in [-0.2, 0) is 14.2 Å². The molecule has 1 N–H and O–H groups in total. The summed E-state index contributed by atoms with van der Waals surface area (Å²) in [6.45, 7) is 14.1. The van der Waals surface area contributed by atoms with Crippen molar-refractivity contribution in [1.29, 1.82) is 0 Å². The Kier molecular flexibility index (Phi) is 8.78. The van der Waals surface area contributed by atoms with Gasteiger partial charge in [-0.25, -0.2) is 0 Å². The van der Waals surface area contributed by atoms with E-state index in [1.165, 1.54) is 0 Å². The highest BCUT2D eigenvalue weighted by molar-refractivity contribution is 4.90. The van der Waals surface area contributed by atoms with Crippen molar-refractivity contribution < 1.29 is 14.2 Å². The summed E-state index contributed by atoms with van der Waals surface area (Å²) < 4.78 is 16.9. The molecule has 0 rings (SSSR count). The van der Waals surface area contributed by atoms with Crippen LogP contribution in [0.2, 0.25) is 0 Å². The molecular formula is C14H31NO3. The maximum absolute atomic E-state index is 5.77. The molecule has 0 radical (unpaired) electrons. The molecule has 0 aliphatic rings. The minimum Gasteiger partial charge on any atom is -0.383 e. The summed E-state index contributed by atoms with van der Waals surface area (Å²) >= 11 is 0. The van der Waals surface area contributed by atoms with Crippen molar-refractivity contribution in [2.45, 2.75) is 65.3 Å². The summed E-state index contributed by atoms with van der Waals surface area (Å²) in [4.78, 5) is 0. The van der Waals surface area contributed by atoms with E-state index >= 15 is 0 Å². The molecule has 0 amide bonds. The van der Waals surface area contributed by atoms with Crippen molar-refractivity contribution >= 4 is 0 Å². The van der Waals surface area contributed by atoms with E-state index in [-0.39, 0.29) is 17.7 Å². The fraction of sp³-hybridized carbons (Fsp3) is 1.00. The van der Waals surface area contributed by atoms with Crippen molar-refractivity contribution in [3.8, 4) is 0 Å². The van der Waals surface area contributed by atoms with Crippen LogP contribution in [-0.4, -0.2) is 50.7 Å². The fourth-order valence-corrected chi connectivity index (χ4v) is 1.79. The van der Waals surface area contributed by atoms with Crippen LogP contribution in [0.1, 0.15) is 41.5 Å². The van der Waals surface area contributed by atoms with E-state index in [1.54, 1.807) is 7.11 Å². The van der Waals surface area contributed by atoms with Gasteiger partial charge in [-0.05, 0) is 27.7 Å². The van der Waals surface area contributed by atoms with E-state index in [2.05, 4.69) is 19.2 Å². The SMILES string of the molecule is COCC(COC(C)C)(COC(C)C)NC(C)C. The van der Waals surface area contributed by atoms with Crippen LogP contribution < -0.4 is 5.32 Å². The first-order valence-electron chi connectivity index (χ1n) is 6.81. The normalized spacial score (nSPS) is 13.0. The lowest BCUT2D eigenvalue weighted by Crippen LogP contribution is -2.59. The van der Waals surface area contributed by atoms with Crippen molar-refractivity contribution in [2.75, 3.05) is 26.9 Å². The lowest BCUT2D eigenvalue weighted by atomic mass is 10.0. The molecule has 0 heterocycles. The number of hydrogen-bond acceptors (Lipinski definition) is 4. The summed E-state index contributed by atoms with van der Waals surface area (Å²) in [7, 11) is 1.71. The van der Waals surface area contributed by atoms with Gasteiger partial charge >= 0.3 is 0 Å². The third-order valence-electron chi connectivity index (χ3n) is 2.40. The third-order valence-corrected chi connectivity index (χ3v) is 2.40. The zero-order valence-electron chi connectivity index (χ0n) is 13.1. The lowest BCUT2D eigenvalue weighted by molar-refractivity contribution is -0.0599. The minimum atomic E-state index is -0.280. The second-order valence-electron chi connectivity index (χ2n) is 5.73. The van der Waals surface area contributed by atoms with Gasteiger partial charge in [-0.15, -0.1) is 0 Å². The van der Waals surface area contributed by atoms with Crippen LogP contribution in [0.15, 0.2) is 0 Å². The molecular weight excluding hydrogens is 230 g/mol. The minimum absolute atomic E-state index is 0.203. The van der Waals surface area contributed by atoms with E-state index in [9.17, 15) is 0 Å². The highest BCUT2D eigenvalue weighted by Crippen LogP contribution is 2.12. The Labute approximate surface area is 112 Å². The number of nitrogens with one attached hydrogen (secondary N) is 1. The first kappa shape index (κ1) is 17.8. The monoisotopic (exact) mass is 261 g/mol. The predicted molar refractivity (Wildman–Crippen MR) is 75.1 cm³/mol. The van der Waals surface area contributed by atoms with Gasteiger partial charge in [0.2, 0.25) is 0 Å². The van der Waals surface area contributed by atoms with Crippen LogP contribution in [0.4, 0.5) is 0 Å². The molecule has 4 nitrogen and oxygen atoms in total. The first-order chi connectivity index (χ1) is 8.31. The maximum Gasteiger partial charge on any atom is 0.0891 e. The van der Waals surface area contributed by atoms with Gasteiger partial charge in [-0.3, -0.25) is 0 Å². The molecule has 0 saturated carbocycles. The standard InChI is InChI=1S/C14H31NO3/c1-11(2)15-14(8-16-7,9-17-12(3)4)10-18-13(5)6/h11-13,15H,8-10H2,1-7H3. The summed E-state index contributed by atoms with van der Waals surface area (Å²) in [5.41, 5.74) is -0.280. The highest BCUT2D eigenvalue weighted by Gasteiger charge is 2.32. The summed E-state index contributed by atoms with van der Waals surface area (Å²) in [6, 6.07) is 0.353. The largest absolute Gasteiger partial charge is 0.383 e. The molecule has 18 heavy (non-hydrogen) atoms. The first-order valence-corrected chi connectivity index (χ1v) is 6.81. The Bertz CT molecular complexity index is 193. The smallest absolute Gasteiger partial charge is 0.0891 e. The maximum atomic E-state index is 5.77. The Morgan fingerprint density at radius 3 is 1.56 bits per heavy atom.